The molecule has 3 amide bonds. The van der Waals surface area contributed by atoms with Gasteiger partial charge in [-0.3, -0.25) is 19.9 Å². The van der Waals surface area contributed by atoms with Gasteiger partial charge in [0.2, 0.25) is 5.91 Å². The second-order valence-corrected chi connectivity index (χ2v) is 5.42. The zero-order valence-electron chi connectivity index (χ0n) is 13.1. The van der Waals surface area contributed by atoms with Gasteiger partial charge < -0.3 is 9.73 Å². The van der Waals surface area contributed by atoms with Crippen LogP contribution < -0.4 is 10.6 Å². The third-order valence-electron chi connectivity index (χ3n) is 3.62. The Labute approximate surface area is 136 Å². The Morgan fingerprint density at radius 3 is 2.78 bits per heavy atom. The fourth-order valence-electron chi connectivity index (χ4n) is 2.46. The average Bonchev–Trinajstić information content (AvgIpc) is 2.94. The van der Waals surface area contributed by atoms with E-state index in [0.29, 0.717) is 12.3 Å². The largest absolute Gasteiger partial charge is 0.467 e. The van der Waals surface area contributed by atoms with E-state index in [1.165, 1.54) is 6.26 Å². The van der Waals surface area contributed by atoms with E-state index in [0.717, 1.165) is 32.6 Å². The number of furan rings is 1. The number of nitrogens with zero attached hydrogens (tertiary/aromatic N) is 2. The number of urea groups is 1. The van der Waals surface area contributed by atoms with Crippen LogP contribution in [0.3, 0.4) is 0 Å². The second-order valence-electron chi connectivity index (χ2n) is 5.42. The average molecular weight is 318 g/mol. The number of hydrogen-bond donors (Lipinski definition) is 2. The number of hydrogen-bond acceptors (Lipinski definition) is 5. The number of terminal acetylenes is 1. The molecule has 0 aliphatic carbocycles. The molecule has 1 aromatic heterocycles. The van der Waals surface area contributed by atoms with E-state index in [4.69, 9.17) is 10.8 Å². The van der Waals surface area contributed by atoms with E-state index in [9.17, 15) is 9.59 Å². The molecule has 2 heterocycles. The number of amides is 3. The number of carbonyl (C=O) groups excluding carboxylic acids is 2. The van der Waals surface area contributed by atoms with Crippen LogP contribution in [0.25, 0.3) is 0 Å². The van der Waals surface area contributed by atoms with Crippen LogP contribution in [0.2, 0.25) is 0 Å². The summed E-state index contributed by atoms with van der Waals surface area (Å²) in [6, 6.07) is 2.97. The smallest absolute Gasteiger partial charge is 0.321 e. The lowest BCUT2D eigenvalue weighted by Gasteiger charge is -2.19. The molecule has 7 nitrogen and oxygen atoms in total. The van der Waals surface area contributed by atoms with E-state index >= 15 is 0 Å². The van der Waals surface area contributed by atoms with Crippen molar-refractivity contribution < 1.29 is 14.0 Å². The summed E-state index contributed by atoms with van der Waals surface area (Å²) in [7, 11) is 0. The molecule has 1 saturated heterocycles. The first-order valence-corrected chi connectivity index (χ1v) is 7.65. The van der Waals surface area contributed by atoms with Gasteiger partial charge in [-0.25, -0.2) is 4.79 Å². The van der Waals surface area contributed by atoms with Gasteiger partial charge in [-0.15, -0.1) is 6.42 Å². The van der Waals surface area contributed by atoms with E-state index in [2.05, 4.69) is 21.5 Å². The highest BCUT2D eigenvalue weighted by Gasteiger charge is 2.17. The lowest BCUT2D eigenvalue weighted by Crippen LogP contribution is -2.45. The molecule has 2 rings (SSSR count). The third-order valence-corrected chi connectivity index (χ3v) is 3.62. The first-order valence-electron chi connectivity index (χ1n) is 7.65. The van der Waals surface area contributed by atoms with E-state index in [1.54, 1.807) is 12.1 Å². The van der Waals surface area contributed by atoms with E-state index in [-0.39, 0.29) is 19.0 Å². The van der Waals surface area contributed by atoms with Crippen molar-refractivity contribution in [2.24, 2.45) is 0 Å². The Morgan fingerprint density at radius 1 is 1.26 bits per heavy atom. The number of carbonyl (C=O) groups is 2. The fraction of sp³-hybridized carbons (Fsp3) is 0.500. The summed E-state index contributed by atoms with van der Waals surface area (Å²) in [4.78, 5) is 27.8. The Balaban J connectivity index is 1.67. The molecule has 1 fully saturated rings. The van der Waals surface area contributed by atoms with Crippen LogP contribution in [0.15, 0.2) is 22.8 Å². The van der Waals surface area contributed by atoms with Crippen LogP contribution >= 0.6 is 0 Å². The minimum Gasteiger partial charge on any atom is -0.467 e. The number of nitrogens with one attached hydrogen (secondary N) is 2. The van der Waals surface area contributed by atoms with E-state index in [1.807, 2.05) is 4.90 Å². The Bertz CT molecular complexity index is 550. The quantitative estimate of drug-likeness (QED) is 0.761. The molecule has 7 heteroatoms. The number of imide groups is 1. The first kappa shape index (κ1) is 17.1. The van der Waals surface area contributed by atoms with Gasteiger partial charge in [-0.1, -0.05) is 5.92 Å². The molecule has 0 spiro atoms. The van der Waals surface area contributed by atoms with Crippen molar-refractivity contribution in [2.75, 3.05) is 39.3 Å². The van der Waals surface area contributed by atoms with Gasteiger partial charge in [0.1, 0.15) is 5.76 Å². The van der Waals surface area contributed by atoms with Crippen LogP contribution in [0, 0.1) is 12.3 Å². The van der Waals surface area contributed by atoms with Gasteiger partial charge in [0, 0.05) is 19.6 Å². The van der Waals surface area contributed by atoms with Gasteiger partial charge in [0.25, 0.3) is 0 Å². The first-order chi connectivity index (χ1) is 11.2. The molecule has 0 radical (unpaired) electrons. The normalized spacial score (nSPS) is 16.3. The minimum atomic E-state index is -0.518. The van der Waals surface area contributed by atoms with Crippen molar-refractivity contribution in [3.8, 4) is 12.3 Å². The maximum Gasteiger partial charge on any atom is 0.321 e. The van der Waals surface area contributed by atoms with Crippen LogP contribution in [0.1, 0.15) is 12.2 Å². The molecule has 1 aliphatic heterocycles. The van der Waals surface area contributed by atoms with Gasteiger partial charge in [0.05, 0.1) is 25.9 Å². The molecule has 2 N–H and O–H groups in total. The molecule has 0 atom stereocenters. The van der Waals surface area contributed by atoms with Crippen LogP contribution in [-0.2, 0) is 11.3 Å². The Kier molecular flexibility index (Phi) is 6.66. The third kappa shape index (κ3) is 6.14. The van der Waals surface area contributed by atoms with Crippen molar-refractivity contribution in [3.05, 3.63) is 24.2 Å². The van der Waals surface area contributed by atoms with Crippen LogP contribution in [0.5, 0.6) is 0 Å². The summed E-state index contributed by atoms with van der Waals surface area (Å²) in [5.41, 5.74) is 0. The summed E-state index contributed by atoms with van der Waals surface area (Å²) in [5.74, 6) is 2.96. The SMILES string of the molecule is C#CCN1CCCN(CC(=O)NC(=O)NCc2ccco2)CC1. The zero-order valence-corrected chi connectivity index (χ0v) is 13.1. The van der Waals surface area contributed by atoms with Crippen molar-refractivity contribution in [3.63, 3.8) is 0 Å². The second kappa shape index (κ2) is 8.98. The molecule has 23 heavy (non-hydrogen) atoms. The van der Waals surface area contributed by atoms with Gasteiger partial charge in [0.15, 0.2) is 0 Å². The van der Waals surface area contributed by atoms with Crippen LogP contribution in [-0.4, -0.2) is 61.0 Å². The van der Waals surface area contributed by atoms with Gasteiger partial charge >= 0.3 is 6.03 Å². The summed E-state index contributed by atoms with van der Waals surface area (Å²) in [6.07, 6.45) is 7.81. The van der Waals surface area contributed by atoms with Crippen molar-refractivity contribution in [1.29, 1.82) is 0 Å². The lowest BCUT2D eigenvalue weighted by molar-refractivity contribution is -0.121. The predicted molar refractivity (Wildman–Crippen MR) is 85.4 cm³/mol. The maximum atomic E-state index is 11.9. The van der Waals surface area contributed by atoms with Crippen LogP contribution in [0.4, 0.5) is 4.79 Å². The van der Waals surface area contributed by atoms with Crippen molar-refractivity contribution in [1.82, 2.24) is 20.4 Å². The van der Waals surface area contributed by atoms with E-state index < -0.39 is 6.03 Å². The lowest BCUT2D eigenvalue weighted by atomic mass is 10.3. The Morgan fingerprint density at radius 2 is 2.04 bits per heavy atom. The highest BCUT2D eigenvalue weighted by Crippen LogP contribution is 2.02. The summed E-state index contributed by atoms with van der Waals surface area (Å²) < 4.78 is 5.10. The zero-order chi connectivity index (χ0) is 16.5. The summed E-state index contributed by atoms with van der Waals surface area (Å²) in [5, 5.41) is 4.90. The van der Waals surface area contributed by atoms with Crippen molar-refractivity contribution >= 4 is 11.9 Å². The molecule has 0 saturated carbocycles. The topological polar surface area (TPSA) is 77.8 Å². The fourth-order valence-corrected chi connectivity index (χ4v) is 2.46. The highest BCUT2D eigenvalue weighted by atomic mass is 16.3. The summed E-state index contributed by atoms with van der Waals surface area (Å²) >= 11 is 0. The molecular formula is C16H22N4O3. The molecule has 0 bridgehead atoms. The molecule has 124 valence electrons. The predicted octanol–water partition coefficient (Wildman–Crippen LogP) is 0.246. The monoisotopic (exact) mass is 318 g/mol. The van der Waals surface area contributed by atoms with Gasteiger partial charge in [-0.2, -0.15) is 0 Å². The molecule has 0 unspecified atom stereocenters. The minimum absolute atomic E-state index is 0.206. The number of rotatable bonds is 5. The standard InChI is InChI=1S/C16H22N4O3/c1-2-6-19-7-4-8-20(10-9-19)13-15(21)18-16(22)17-12-14-5-3-11-23-14/h1,3,5,11H,4,6-10,12-13H2,(H2,17,18,21,22). The molecular weight excluding hydrogens is 296 g/mol. The summed E-state index contributed by atoms with van der Waals surface area (Å²) in [6.45, 7) is 4.45. The highest BCUT2D eigenvalue weighted by molar-refractivity contribution is 5.95. The maximum absolute atomic E-state index is 11.9. The molecule has 1 aromatic rings. The molecule has 0 aromatic carbocycles. The van der Waals surface area contributed by atoms with Gasteiger partial charge in [-0.05, 0) is 25.1 Å². The molecule has 1 aliphatic rings. The Hall–Kier alpha value is -2.30. The van der Waals surface area contributed by atoms with Crippen molar-refractivity contribution in [2.45, 2.75) is 13.0 Å².